The highest BCUT2D eigenvalue weighted by atomic mass is 35.5. The lowest BCUT2D eigenvalue weighted by atomic mass is 9.97. The summed E-state index contributed by atoms with van der Waals surface area (Å²) in [6.45, 7) is 2.58. The second kappa shape index (κ2) is 8.51. The number of likely N-dealkylation sites (N-methyl/N-ethyl adjacent to an activating group) is 1. The molecule has 0 saturated heterocycles. The van der Waals surface area contributed by atoms with Gasteiger partial charge in [0, 0.05) is 66.0 Å². The smallest absolute Gasteiger partial charge is 0.303 e. The summed E-state index contributed by atoms with van der Waals surface area (Å²) in [5.74, 6) is -0.733. The number of benzene rings is 1. The lowest BCUT2D eigenvalue weighted by molar-refractivity contribution is -0.138. The van der Waals surface area contributed by atoms with Crippen LogP contribution >= 0.6 is 11.6 Å². The number of hydrogen-bond acceptors (Lipinski definition) is 4. The standard InChI is InChI=1S/C22H25ClN4O2/c1-26-9-7-21-19(13-26)18-11-16(23)3-5-20(18)27(21)12-15(10-22(28)29)2-4-17-6-8-24-14-25-17/h3,5-6,8,11,14-15H,2,4,7,9-10,12-13H2,1H3,(H,28,29). The van der Waals surface area contributed by atoms with Gasteiger partial charge in [-0.25, -0.2) is 9.97 Å². The second-order valence-corrected chi connectivity index (χ2v) is 8.32. The molecule has 1 aromatic carbocycles. The van der Waals surface area contributed by atoms with Gasteiger partial charge in [0.15, 0.2) is 0 Å². The molecule has 3 heterocycles. The minimum atomic E-state index is -0.759. The van der Waals surface area contributed by atoms with Gasteiger partial charge in [-0.15, -0.1) is 0 Å². The van der Waals surface area contributed by atoms with E-state index in [0.29, 0.717) is 6.54 Å². The topological polar surface area (TPSA) is 71.2 Å². The number of carboxylic acids is 1. The molecule has 0 aliphatic carbocycles. The molecule has 2 aromatic heterocycles. The number of halogens is 1. The van der Waals surface area contributed by atoms with E-state index in [1.807, 2.05) is 18.2 Å². The number of nitrogens with zero attached hydrogens (tertiary/aromatic N) is 4. The normalized spacial score (nSPS) is 15.4. The SMILES string of the molecule is CN1CCc2c(c3cc(Cl)ccc3n2CC(CCc2ccncn2)CC(=O)O)C1. The molecule has 1 N–H and O–H groups in total. The first kappa shape index (κ1) is 19.9. The zero-order valence-corrected chi connectivity index (χ0v) is 17.3. The van der Waals surface area contributed by atoms with Crippen molar-refractivity contribution in [3.8, 4) is 0 Å². The van der Waals surface area contributed by atoms with Crippen molar-refractivity contribution in [3.05, 3.63) is 58.8 Å². The molecule has 29 heavy (non-hydrogen) atoms. The van der Waals surface area contributed by atoms with Crippen LogP contribution in [0.15, 0.2) is 36.8 Å². The van der Waals surface area contributed by atoms with Crippen LogP contribution < -0.4 is 0 Å². The third kappa shape index (κ3) is 4.43. The first-order chi connectivity index (χ1) is 14.0. The van der Waals surface area contributed by atoms with Gasteiger partial charge in [-0.05, 0) is 55.6 Å². The van der Waals surface area contributed by atoms with E-state index in [9.17, 15) is 9.90 Å². The predicted octanol–water partition coefficient (Wildman–Crippen LogP) is 3.80. The monoisotopic (exact) mass is 412 g/mol. The summed E-state index contributed by atoms with van der Waals surface area (Å²) in [5.41, 5.74) is 4.73. The van der Waals surface area contributed by atoms with Gasteiger partial charge in [0.25, 0.3) is 0 Å². The van der Waals surface area contributed by atoms with Crippen LogP contribution in [0, 0.1) is 5.92 Å². The Bertz CT molecular complexity index is 1020. The Morgan fingerprint density at radius 2 is 2.21 bits per heavy atom. The van der Waals surface area contributed by atoms with E-state index >= 15 is 0 Å². The summed E-state index contributed by atoms with van der Waals surface area (Å²) >= 11 is 6.29. The van der Waals surface area contributed by atoms with Crippen LogP contribution in [0.2, 0.25) is 5.02 Å². The van der Waals surface area contributed by atoms with Gasteiger partial charge in [0.05, 0.1) is 0 Å². The fourth-order valence-corrected chi connectivity index (χ4v) is 4.52. The number of carbonyl (C=O) groups is 1. The van der Waals surface area contributed by atoms with Crippen molar-refractivity contribution < 1.29 is 9.90 Å². The Kier molecular flexibility index (Phi) is 5.83. The number of aliphatic carboxylic acids is 1. The molecule has 4 rings (SSSR count). The van der Waals surface area contributed by atoms with E-state index in [4.69, 9.17) is 11.6 Å². The molecule has 152 valence electrons. The van der Waals surface area contributed by atoms with Gasteiger partial charge in [-0.1, -0.05) is 11.6 Å². The Balaban J connectivity index is 1.65. The van der Waals surface area contributed by atoms with Gasteiger partial charge in [-0.3, -0.25) is 4.79 Å². The maximum absolute atomic E-state index is 11.5. The molecule has 3 aromatic rings. The molecular formula is C22H25ClN4O2. The summed E-state index contributed by atoms with van der Waals surface area (Å²) in [4.78, 5) is 22.1. The number of aryl methyl sites for hydroxylation is 1. The summed E-state index contributed by atoms with van der Waals surface area (Å²) in [6, 6.07) is 7.92. The van der Waals surface area contributed by atoms with Crippen molar-refractivity contribution in [2.24, 2.45) is 5.92 Å². The quantitative estimate of drug-likeness (QED) is 0.639. The van der Waals surface area contributed by atoms with Crippen LogP contribution in [0.3, 0.4) is 0 Å². The highest BCUT2D eigenvalue weighted by Crippen LogP contribution is 2.33. The molecule has 0 spiro atoms. The molecule has 0 bridgehead atoms. The fourth-order valence-electron chi connectivity index (χ4n) is 4.35. The lowest BCUT2D eigenvalue weighted by Gasteiger charge is -2.25. The molecule has 0 fully saturated rings. The highest BCUT2D eigenvalue weighted by Gasteiger charge is 2.25. The van der Waals surface area contributed by atoms with Crippen molar-refractivity contribution in [1.82, 2.24) is 19.4 Å². The van der Waals surface area contributed by atoms with Crippen LogP contribution in [0.4, 0.5) is 0 Å². The minimum Gasteiger partial charge on any atom is -0.481 e. The number of rotatable bonds is 7. The molecule has 0 radical (unpaired) electrons. The summed E-state index contributed by atoms with van der Waals surface area (Å²) < 4.78 is 2.33. The van der Waals surface area contributed by atoms with Crippen molar-refractivity contribution in [2.75, 3.05) is 13.6 Å². The Hall–Kier alpha value is -2.44. The van der Waals surface area contributed by atoms with Crippen LogP contribution in [0.25, 0.3) is 10.9 Å². The first-order valence-corrected chi connectivity index (χ1v) is 10.3. The summed E-state index contributed by atoms with van der Waals surface area (Å²) in [6.07, 6.45) is 5.89. The van der Waals surface area contributed by atoms with Crippen molar-refractivity contribution in [2.45, 2.75) is 38.8 Å². The third-order valence-corrected chi connectivity index (χ3v) is 6.00. The van der Waals surface area contributed by atoms with E-state index in [1.54, 1.807) is 6.20 Å². The van der Waals surface area contributed by atoms with Gasteiger partial charge < -0.3 is 14.6 Å². The van der Waals surface area contributed by atoms with Crippen LogP contribution in [0.1, 0.15) is 29.8 Å². The molecule has 0 amide bonds. The molecule has 1 atom stereocenters. The number of aromatic nitrogens is 3. The van der Waals surface area contributed by atoms with E-state index in [1.165, 1.54) is 23.0 Å². The van der Waals surface area contributed by atoms with Crippen LogP contribution in [0.5, 0.6) is 0 Å². The highest BCUT2D eigenvalue weighted by molar-refractivity contribution is 6.31. The third-order valence-electron chi connectivity index (χ3n) is 5.76. The fraction of sp³-hybridized carbons (Fsp3) is 0.409. The zero-order chi connectivity index (χ0) is 20.4. The molecule has 0 saturated carbocycles. The average Bonchev–Trinajstić information content (AvgIpc) is 2.99. The Morgan fingerprint density at radius 1 is 1.34 bits per heavy atom. The molecule has 1 aliphatic heterocycles. The maximum Gasteiger partial charge on any atom is 0.303 e. The maximum atomic E-state index is 11.5. The molecule has 1 unspecified atom stereocenters. The minimum absolute atomic E-state index is 0.0255. The molecular weight excluding hydrogens is 388 g/mol. The van der Waals surface area contributed by atoms with Gasteiger partial charge in [0.1, 0.15) is 6.33 Å². The van der Waals surface area contributed by atoms with Crippen LogP contribution in [-0.4, -0.2) is 44.1 Å². The van der Waals surface area contributed by atoms with Crippen LogP contribution in [-0.2, 0) is 30.7 Å². The predicted molar refractivity (Wildman–Crippen MR) is 113 cm³/mol. The van der Waals surface area contributed by atoms with E-state index < -0.39 is 5.97 Å². The largest absolute Gasteiger partial charge is 0.481 e. The number of carboxylic acid groups (broad SMARTS) is 1. The number of fused-ring (bicyclic) bond motifs is 3. The van der Waals surface area contributed by atoms with E-state index in [0.717, 1.165) is 48.6 Å². The Labute approximate surface area is 175 Å². The first-order valence-electron chi connectivity index (χ1n) is 9.96. The summed E-state index contributed by atoms with van der Waals surface area (Å²) in [7, 11) is 2.13. The molecule has 6 nitrogen and oxygen atoms in total. The lowest BCUT2D eigenvalue weighted by Crippen LogP contribution is -2.28. The second-order valence-electron chi connectivity index (χ2n) is 7.89. The van der Waals surface area contributed by atoms with E-state index in [-0.39, 0.29) is 12.3 Å². The van der Waals surface area contributed by atoms with Crippen molar-refractivity contribution in [3.63, 3.8) is 0 Å². The number of hydrogen-bond donors (Lipinski definition) is 1. The molecule has 1 aliphatic rings. The van der Waals surface area contributed by atoms with Gasteiger partial charge in [-0.2, -0.15) is 0 Å². The van der Waals surface area contributed by atoms with Crippen molar-refractivity contribution >= 4 is 28.5 Å². The molecule has 7 heteroatoms. The zero-order valence-electron chi connectivity index (χ0n) is 16.5. The van der Waals surface area contributed by atoms with Crippen molar-refractivity contribution in [1.29, 1.82) is 0 Å². The van der Waals surface area contributed by atoms with Gasteiger partial charge >= 0.3 is 5.97 Å². The summed E-state index contributed by atoms with van der Waals surface area (Å²) in [5, 5.41) is 11.4. The Morgan fingerprint density at radius 3 is 2.97 bits per heavy atom. The van der Waals surface area contributed by atoms with E-state index in [2.05, 4.69) is 32.5 Å². The average molecular weight is 413 g/mol. The van der Waals surface area contributed by atoms with Gasteiger partial charge in [0.2, 0.25) is 0 Å².